The van der Waals surface area contributed by atoms with Gasteiger partial charge in [-0.15, -0.1) is 0 Å². The summed E-state index contributed by atoms with van der Waals surface area (Å²) in [6.07, 6.45) is 5.88. The molecule has 0 saturated heterocycles. The Morgan fingerprint density at radius 1 is 0.328 bits per heavy atom. The Hall–Kier alpha value is -14.5. The summed E-state index contributed by atoms with van der Waals surface area (Å²) in [5, 5.41) is 38.8. The summed E-state index contributed by atoms with van der Waals surface area (Å²) in [6, 6.07) is 43.8. The van der Waals surface area contributed by atoms with E-state index in [0.29, 0.717) is 83.3 Å². The number of aromatic nitrogens is 25. The molecule has 36 heteroatoms. The maximum absolute atomic E-state index is 12.2. The summed E-state index contributed by atoms with van der Waals surface area (Å²) in [4.78, 5) is 82.6. The molecule has 0 unspecified atom stereocenters. The lowest BCUT2D eigenvalue weighted by molar-refractivity contribution is 0.289. The summed E-state index contributed by atoms with van der Waals surface area (Å²) in [6.45, 7) is 26.9. The number of pyridine rings is 5. The Bertz CT molecular complexity index is 6450. The van der Waals surface area contributed by atoms with Gasteiger partial charge in [0.05, 0.1) is 46.0 Å². The van der Waals surface area contributed by atoms with Crippen LogP contribution in [0, 0.1) is 90.0 Å². The van der Waals surface area contributed by atoms with Crippen molar-refractivity contribution in [2.24, 2.45) is 35.2 Å². The van der Waals surface area contributed by atoms with E-state index in [1.165, 1.54) is 65.2 Å². The summed E-state index contributed by atoms with van der Waals surface area (Å²) in [5.74, 6) is 3.86. The summed E-state index contributed by atoms with van der Waals surface area (Å²) < 4.78 is 42.0. The molecule has 1 saturated carbocycles. The molecule has 0 atom stereocenters. The normalized spacial score (nSPS) is 11.5. The third-order valence-corrected chi connectivity index (χ3v) is 20.5. The van der Waals surface area contributed by atoms with Crippen LogP contribution in [0.4, 0.5) is 0 Å². The van der Waals surface area contributed by atoms with E-state index in [1.807, 2.05) is 218 Å². The van der Waals surface area contributed by atoms with Crippen molar-refractivity contribution in [2.75, 3.05) is 0 Å². The number of tetrazole rings is 5. The molecule has 16 rings (SSSR count). The van der Waals surface area contributed by atoms with Crippen LogP contribution in [0.5, 0.6) is 28.9 Å². The van der Waals surface area contributed by atoms with Crippen molar-refractivity contribution < 1.29 is 23.7 Å². The van der Waals surface area contributed by atoms with Gasteiger partial charge in [0.1, 0.15) is 50.3 Å². The molecule has 630 valence electrons. The molecule has 0 N–H and O–H groups in total. The van der Waals surface area contributed by atoms with Crippen LogP contribution in [0.2, 0.25) is 5.15 Å². The zero-order chi connectivity index (χ0) is 87.3. The number of halogens is 1. The second-order valence-corrected chi connectivity index (χ2v) is 29.7. The number of hydrogen-bond acceptors (Lipinski definition) is 25. The van der Waals surface area contributed by atoms with E-state index in [-0.39, 0.29) is 35.1 Å². The molecule has 0 radical (unpaired) electrons. The first-order chi connectivity index (χ1) is 58.4. The van der Waals surface area contributed by atoms with Gasteiger partial charge in [-0.1, -0.05) is 72.3 Å². The number of nitrogens with zero attached hydrogens (tertiary/aromatic N) is 25. The van der Waals surface area contributed by atoms with Crippen molar-refractivity contribution in [1.82, 2.24) is 124 Å². The third kappa shape index (κ3) is 20.4. The monoisotopic (exact) mass is 1670 g/mol. The van der Waals surface area contributed by atoms with E-state index in [4.69, 9.17) is 35.3 Å². The third-order valence-electron chi connectivity index (χ3n) is 20.2. The predicted molar refractivity (Wildman–Crippen MR) is 454 cm³/mol. The average Bonchev–Trinajstić information content (AvgIpc) is 1.63. The highest BCUT2D eigenvalue weighted by Crippen LogP contribution is 2.44. The molecule has 1 fully saturated rings. The highest BCUT2D eigenvalue weighted by atomic mass is 35.5. The van der Waals surface area contributed by atoms with Gasteiger partial charge >= 0.3 is 28.4 Å². The van der Waals surface area contributed by atoms with Crippen molar-refractivity contribution in [3.63, 3.8) is 0 Å². The predicted octanol–water partition coefficient (Wildman–Crippen LogP) is 10.2. The van der Waals surface area contributed by atoms with Gasteiger partial charge in [0.2, 0.25) is 5.88 Å². The standard InChI is InChI=1S/C19H21N5O2.C18H21N5O2.C17H19N5O2.C16H16ClN5O2.C16H17N5O2/c1-12-9-15(14-7-8-14)18(20-10-12)26-11-16-13(2)5-4-6-17(16)24-19(25)23(3)21-22-24;1-11-7-6-8-16(23-18(24)22(5)20-21-23)15(11)10-25-17-9-12(2)13(3)19-14(17)4;1-11-6-5-7-15(22-17(23)21(4)19-20-22)14(11)10-24-16-9-8-12(2)18-13(16)3;1-10-5-4-6-13(22-16(23)21(3)19-20-22)12(10)9-24-14-8-7-11(2)18-15(14)17;1-11-5-4-6-15(21-16(22)20(3)18-19-21)14(11)10-23-13-8-7-12(2)17-9-13/h4-6,9-10,14H,7-8,11H2,1-3H3;6-9H,10H2,1-5H3;5-9H,10H2,1-4H3;4-8H,9H2,1-3H3;4-9H,10H2,1-3H3. The fourth-order valence-corrected chi connectivity index (χ4v) is 13.0. The van der Waals surface area contributed by atoms with Crippen LogP contribution in [0.25, 0.3) is 28.4 Å². The molecule has 1 aliphatic carbocycles. The van der Waals surface area contributed by atoms with Crippen molar-refractivity contribution in [3.05, 3.63) is 316 Å². The van der Waals surface area contributed by atoms with Gasteiger partial charge in [-0.2, -0.15) is 46.8 Å². The Morgan fingerprint density at radius 3 is 1.02 bits per heavy atom. The Kier molecular flexibility index (Phi) is 27.4. The smallest absolute Gasteiger partial charge is 0.368 e. The molecule has 0 spiro atoms. The zero-order valence-corrected chi connectivity index (χ0v) is 71.9. The second kappa shape index (κ2) is 38.5. The number of hydrogen-bond donors (Lipinski definition) is 0. The number of benzene rings is 5. The molecule has 122 heavy (non-hydrogen) atoms. The lowest BCUT2D eigenvalue weighted by Crippen LogP contribution is -2.23. The van der Waals surface area contributed by atoms with E-state index >= 15 is 0 Å². The fraction of sp³-hybridized carbons (Fsp3) is 0.302. The van der Waals surface area contributed by atoms with Crippen LogP contribution < -0.4 is 52.1 Å². The number of aryl methyl sites for hydroxylation is 18. The first kappa shape index (κ1) is 86.8. The van der Waals surface area contributed by atoms with Gasteiger partial charge in [0.15, 0.2) is 10.9 Å². The maximum Gasteiger partial charge on any atom is 0.368 e. The molecular formula is C86H94ClN25O10. The van der Waals surface area contributed by atoms with Crippen LogP contribution in [0.3, 0.4) is 0 Å². The van der Waals surface area contributed by atoms with Gasteiger partial charge in [0, 0.05) is 97.6 Å². The Balaban J connectivity index is 0.000000140. The minimum atomic E-state index is -0.322. The number of ether oxygens (including phenoxy) is 5. The van der Waals surface area contributed by atoms with Crippen LogP contribution in [0.15, 0.2) is 176 Å². The van der Waals surface area contributed by atoms with Gasteiger partial charge in [0.25, 0.3) is 0 Å². The van der Waals surface area contributed by atoms with Crippen LogP contribution in [-0.4, -0.2) is 124 Å². The average molecular weight is 1670 g/mol. The van der Waals surface area contributed by atoms with Gasteiger partial charge in [-0.3, -0.25) is 15.0 Å². The molecule has 1 aliphatic rings. The number of rotatable bonds is 21. The zero-order valence-electron chi connectivity index (χ0n) is 71.1. The maximum atomic E-state index is 12.2. The van der Waals surface area contributed by atoms with Crippen LogP contribution in [-0.2, 0) is 68.3 Å². The van der Waals surface area contributed by atoms with Crippen molar-refractivity contribution in [3.8, 4) is 57.3 Å². The van der Waals surface area contributed by atoms with Crippen molar-refractivity contribution in [1.29, 1.82) is 0 Å². The molecular weight excluding hydrogens is 1580 g/mol. The van der Waals surface area contributed by atoms with E-state index in [0.717, 1.165) is 112 Å². The highest BCUT2D eigenvalue weighted by Gasteiger charge is 2.29. The van der Waals surface area contributed by atoms with Crippen molar-refractivity contribution >= 4 is 11.6 Å². The molecule has 10 heterocycles. The molecule has 0 aliphatic heterocycles. The van der Waals surface area contributed by atoms with Gasteiger partial charge in [-0.25, -0.2) is 33.9 Å². The minimum Gasteiger partial charge on any atom is -0.487 e. The molecule has 35 nitrogen and oxygen atoms in total. The first-order valence-corrected chi connectivity index (χ1v) is 39.3. The molecule has 5 aromatic carbocycles. The topological polar surface area (TPSA) is 374 Å². The van der Waals surface area contributed by atoms with E-state index in [9.17, 15) is 24.0 Å². The quantitative estimate of drug-likeness (QED) is 0.0603. The summed E-state index contributed by atoms with van der Waals surface area (Å²) in [5.41, 5.74) is 20.0. The van der Waals surface area contributed by atoms with Crippen LogP contribution >= 0.6 is 11.6 Å². The molecule has 15 aromatic rings. The highest BCUT2D eigenvalue weighted by molar-refractivity contribution is 6.30. The fourth-order valence-electron chi connectivity index (χ4n) is 12.8. The largest absolute Gasteiger partial charge is 0.487 e. The van der Waals surface area contributed by atoms with Crippen LogP contribution in [0.1, 0.15) is 125 Å². The van der Waals surface area contributed by atoms with E-state index < -0.39 is 0 Å². The second-order valence-electron chi connectivity index (χ2n) is 29.4. The SMILES string of the molecule is Cc1cc(OCc2c(C)cccc2-n2nnn(C)c2=O)c(C)nc1C.Cc1ccc(OCc2c(C)cccc2-n2nnn(C)c2=O)c(C)n1.Cc1ccc(OCc2c(C)cccc2-n2nnn(C)c2=O)c(Cl)n1.Cc1ccc(OCc2c(C)cccc2-n2nnn(C)c2=O)cn1.Cc1cnc(OCc2c(C)cccc2-n2nnn(C)c2=O)c(C2CC2)c1. The molecule has 0 amide bonds. The Labute approximate surface area is 705 Å². The van der Waals surface area contributed by atoms with E-state index in [1.54, 1.807) is 53.6 Å². The van der Waals surface area contributed by atoms with Gasteiger partial charge < -0.3 is 23.7 Å². The summed E-state index contributed by atoms with van der Waals surface area (Å²) >= 11 is 6.10. The van der Waals surface area contributed by atoms with Crippen molar-refractivity contribution in [2.45, 2.75) is 142 Å². The minimum absolute atomic E-state index is 0.232. The lowest BCUT2D eigenvalue weighted by Gasteiger charge is -2.15. The first-order valence-electron chi connectivity index (χ1n) is 38.9. The van der Waals surface area contributed by atoms with Gasteiger partial charge in [-0.05, 0) is 279 Å². The summed E-state index contributed by atoms with van der Waals surface area (Å²) in [7, 11) is 7.84. The molecule has 0 bridgehead atoms. The molecule has 10 aromatic heterocycles. The lowest BCUT2D eigenvalue weighted by atomic mass is 10.1. The van der Waals surface area contributed by atoms with E-state index in [2.05, 4.69) is 83.1 Å². The Morgan fingerprint density at radius 2 is 0.672 bits per heavy atom.